The summed E-state index contributed by atoms with van der Waals surface area (Å²) in [7, 11) is 0. The molecule has 3 atom stereocenters. The number of nitrogens with one attached hydrogen (secondary N) is 3. The van der Waals surface area contributed by atoms with Crippen LogP contribution >= 0.6 is 0 Å². The van der Waals surface area contributed by atoms with Crippen LogP contribution in [0.15, 0.2) is 54.6 Å². The lowest BCUT2D eigenvalue weighted by Gasteiger charge is -2.32. The predicted octanol–water partition coefficient (Wildman–Crippen LogP) is 3.06. The van der Waals surface area contributed by atoms with Gasteiger partial charge in [-0.15, -0.1) is 0 Å². The number of alkyl halides is 3. The van der Waals surface area contributed by atoms with Gasteiger partial charge in [-0.3, -0.25) is 14.9 Å². The van der Waals surface area contributed by atoms with Crippen LogP contribution in [0.5, 0.6) is 0 Å². The highest BCUT2D eigenvalue weighted by Crippen LogP contribution is 2.30. The van der Waals surface area contributed by atoms with Gasteiger partial charge in [-0.25, -0.2) is 0 Å². The summed E-state index contributed by atoms with van der Waals surface area (Å²) in [4.78, 5) is 24.6. The summed E-state index contributed by atoms with van der Waals surface area (Å²) in [6.07, 6.45) is -5.02. The summed E-state index contributed by atoms with van der Waals surface area (Å²) in [5.41, 5.74) is 0.368. The second-order valence-electron chi connectivity index (χ2n) is 6.69. The molecule has 2 aromatic carbocycles. The lowest BCUT2D eigenvalue weighted by atomic mass is 10.0. The predicted molar refractivity (Wildman–Crippen MR) is 96.9 cm³/mol. The van der Waals surface area contributed by atoms with Crippen LogP contribution in [0.1, 0.15) is 42.2 Å². The first kappa shape index (κ1) is 19.9. The minimum absolute atomic E-state index is 0.0511. The van der Waals surface area contributed by atoms with Crippen LogP contribution in [-0.2, 0) is 15.8 Å². The third-order valence-electron chi connectivity index (χ3n) is 4.58. The van der Waals surface area contributed by atoms with Gasteiger partial charge in [0, 0.05) is 0 Å². The normalized spacial score (nSPS) is 20.9. The lowest BCUT2D eigenvalue weighted by molar-refractivity contribution is -0.137. The summed E-state index contributed by atoms with van der Waals surface area (Å²) < 4.78 is 38.7. The van der Waals surface area contributed by atoms with Gasteiger partial charge in [-0.05, 0) is 30.2 Å². The Kier molecular flexibility index (Phi) is 5.69. The van der Waals surface area contributed by atoms with Gasteiger partial charge in [0.15, 0.2) is 0 Å². The third-order valence-corrected chi connectivity index (χ3v) is 4.58. The molecule has 1 aliphatic rings. The number of hydrogen-bond acceptors (Lipinski definition) is 3. The first-order chi connectivity index (χ1) is 13.2. The van der Waals surface area contributed by atoms with Gasteiger partial charge in [-0.2, -0.15) is 13.2 Å². The SMILES string of the molecule is C[C@@H](NC(=O)C1CC(=O)NC(c2ccccc2)N1)c1cccc(C(F)(F)F)c1. The largest absolute Gasteiger partial charge is 0.416 e. The molecule has 0 bridgehead atoms. The molecule has 148 valence electrons. The number of carbonyl (C=O) groups excluding carboxylic acids is 2. The highest BCUT2D eigenvalue weighted by atomic mass is 19.4. The fourth-order valence-corrected chi connectivity index (χ4v) is 3.08. The Bertz CT molecular complexity index is 855. The summed E-state index contributed by atoms with van der Waals surface area (Å²) in [5, 5.41) is 8.53. The smallest absolute Gasteiger partial charge is 0.348 e. The first-order valence-electron chi connectivity index (χ1n) is 8.82. The Hall–Kier alpha value is -2.87. The van der Waals surface area contributed by atoms with Crippen molar-refractivity contribution in [1.29, 1.82) is 0 Å². The second kappa shape index (κ2) is 8.02. The van der Waals surface area contributed by atoms with Gasteiger partial charge in [0.2, 0.25) is 11.8 Å². The van der Waals surface area contributed by atoms with Crippen LogP contribution in [0.3, 0.4) is 0 Å². The van der Waals surface area contributed by atoms with Crippen LogP contribution in [0.4, 0.5) is 13.2 Å². The van der Waals surface area contributed by atoms with Crippen LogP contribution in [0.25, 0.3) is 0 Å². The summed E-state index contributed by atoms with van der Waals surface area (Å²) in [6.45, 7) is 1.60. The maximum Gasteiger partial charge on any atom is 0.416 e. The van der Waals surface area contributed by atoms with Crippen molar-refractivity contribution in [3.63, 3.8) is 0 Å². The van der Waals surface area contributed by atoms with Gasteiger partial charge >= 0.3 is 6.18 Å². The van der Waals surface area contributed by atoms with E-state index in [1.165, 1.54) is 12.1 Å². The first-order valence-corrected chi connectivity index (χ1v) is 8.82. The lowest BCUT2D eigenvalue weighted by Crippen LogP contribution is -2.56. The Labute approximate surface area is 160 Å². The molecule has 28 heavy (non-hydrogen) atoms. The van der Waals surface area contributed by atoms with Gasteiger partial charge in [0.25, 0.3) is 0 Å². The van der Waals surface area contributed by atoms with Crippen molar-refractivity contribution in [2.75, 3.05) is 0 Å². The van der Waals surface area contributed by atoms with E-state index in [1.54, 1.807) is 6.92 Å². The molecule has 2 amide bonds. The van der Waals surface area contributed by atoms with E-state index >= 15 is 0 Å². The van der Waals surface area contributed by atoms with Gasteiger partial charge in [0.1, 0.15) is 6.17 Å². The van der Waals surface area contributed by atoms with Crippen LogP contribution in [0, 0.1) is 0 Å². The molecule has 5 nitrogen and oxygen atoms in total. The minimum Gasteiger partial charge on any atom is -0.348 e. The van der Waals surface area contributed by atoms with E-state index in [0.717, 1.165) is 17.7 Å². The molecule has 8 heteroatoms. The quantitative estimate of drug-likeness (QED) is 0.750. The van der Waals surface area contributed by atoms with Gasteiger partial charge in [0.05, 0.1) is 24.1 Å². The maximum absolute atomic E-state index is 12.9. The molecule has 0 radical (unpaired) electrons. The van der Waals surface area contributed by atoms with E-state index in [4.69, 9.17) is 0 Å². The molecular weight excluding hydrogens is 371 g/mol. The van der Waals surface area contributed by atoms with E-state index in [-0.39, 0.29) is 12.3 Å². The van der Waals surface area contributed by atoms with Crippen molar-refractivity contribution >= 4 is 11.8 Å². The molecule has 0 spiro atoms. The molecule has 0 aromatic heterocycles. The summed E-state index contributed by atoms with van der Waals surface area (Å²) >= 11 is 0. The summed E-state index contributed by atoms with van der Waals surface area (Å²) in [5.74, 6) is -0.722. The van der Waals surface area contributed by atoms with Crippen LogP contribution in [-0.4, -0.2) is 17.9 Å². The summed E-state index contributed by atoms with van der Waals surface area (Å²) in [6, 6.07) is 12.5. The number of amides is 2. The van der Waals surface area contributed by atoms with Gasteiger partial charge < -0.3 is 10.6 Å². The van der Waals surface area contributed by atoms with E-state index < -0.39 is 35.9 Å². The molecule has 0 aliphatic carbocycles. The number of rotatable bonds is 4. The molecule has 3 rings (SSSR count). The second-order valence-corrected chi connectivity index (χ2v) is 6.69. The monoisotopic (exact) mass is 391 g/mol. The molecule has 0 saturated carbocycles. The number of hydrogen-bond donors (Lipinski definition) is 3. The fourth-order valence-electron chi connectivity index (χ4n) is 3.08. The average molecular weight is 391 g/mol. The van der Waals surface area contributed by atoms with Crippen molar-refractivity contribution in [2.45, 2.75) is 37.8 Å². The van der Waals surface area contributed by atoms with E-state index in [2.05, 4.69) is 16.0 Å². The Balaban J connectivity index is 1.69. The highest BCUT2D eigenvalue weighted by Gasteiger charge is 2.33. The van der Waals surface area contributed by atoms with Crippen LogP contribution < -0.4 is 16.0 Å². The number of carbonyl (C=O) groups is 2. The maximum atomic E-state index is 12.9. The van der Waals surface area contributed by atoms with E-state index in [1.807, 2.05) is 30.3 Å². The van der Waals surface area contributed by atoms with Crippen molar-refractivity contribution in [2.24, 2.45) is 0 Å². The molecule has 1 heterocycles. The molecule has 1 fully saturated rings. The topological polar surface area (TPSA) is 70.2 Å². The van der Waals surface area contributed by atoms with Crippen molar-refractivity contribution in [3.05, 3.63) is 71.3 Å². The molecule has 3 N–H and O–H groups in total. The van der Waals surface area contributed by atoms with Gasteiger partial charge in [-0.1, -0.05) is 42.5 Å². The molecule has 2 unspecified atom stereocenters. The molecule has 1 saturated heterocycles. The zero-order valence-electron chi connectivity index (χ0n) is 15.1. The molecule has 1 aliphatic heterocycles. The number of benzene rings is 2. The van der Waals surface area contributed by atoms with E-state index in [0.29, 0.717) is 5.56 Å². The van der Waals surface area contributed by atoms with Crippen LogP contribution in [0.2, 0.25) is 0 Å². The van der Waals surface area contributed by atoms with Crippen molar-refractivity contribution in [3.8, 4) is 0 Å². The Morgan fingerprint density at radius 2 is 1.86 bits per heavy atom. The Morgan fingerprint density at radius 1 is 1.14 bits per heavy atom. The highest BCUT2D eigenvalue weighted by molar-refractivity contribution is 5.89. The fraction of sp³-hybridized carbons (Fsp3) is 0.300. The van der Waals surface area contributed by atoms with E-state index in [9.17, 15) is 22.8 Å². The average Bonchev–Trinajstić information content (AvgIpc) is 2.67. The third kappa shape index (κ3) is 4.69. The molecule has 2 aromatic rings. The standard InChI is InChI=1S/C20H20F3N3O2/c1-12(14-8-5-9-15(10-14)20(21,22)23)24-19(28)16-11-17(27)26-18(25-16)13-6-3-2-4-7-13/h2-10,12,16,18,25H,11H2,1H3,(H,24,28)(H,26,27)/t12-,16?,18?/m1/s1. The molecular formula is C20H20F3N3O2. The Morgan fingerprint density at radius 3 is 2.54 bits per heavy atom. The van der Waals surface area contributed by atoms with Crippen molar-refractivity contribution < 1.29 is 22.8 Å². The van der Waals surface area contributed by atoms with Crippen molar-refractivity contribution in [1.82, 2.24) is 16.0 Å². The number of halogens is 3. The minimum atomic E-state index is -4.45. The zero-order chi connectivity index (χ0) is 20.3. The zero-order valence-corrected chi connectivity index (χ0v) is 15.1.